The summed E-state index contributed by atoms with van der Waals surface area (Å²) in [4.78, 5) is 9.16. The molecule has 0 spiro atoms. The second-order valence-corrected chi connectivity index (χ2v) is 7.57. The normalized spacial score (nSPS) is 18.4. The maximum absolute atomic E-state index is 4.49. The smallest absolute Gasteiger partial charge is 0.193 e. The summed E-state index contributed by atoms with van der Waals surface area (Å²) in [6.45, 7) is 7.75. The zero-order valence-electron chi connectivity index (χ0n) is 15.7. The molecule has 0 saturated carbocycles. The van der Waals surface area contributed by atoms with Crippen LogP contribution in [-0.4, -0.2) is 62.6 Å². The predicted molar refractivity (Wildman–Crippen MR) is 114 cm³/mol. The van der Waals surface area contributed by atoms with E-state index in [2.05, 4.69) is 78.4 Å². The van der Waals surface area contributed by atoms with Gasteiger partial charge in [0.2, 0.25) is 0 Å². The van der Waals surface area contributed by atoms with Gasteiger partial charge in [-0.25, -0.2) is 0 Å². The SMILES string of the molecule is CN=C(NCC(Cc1ccccc1)N(C)C)N1CCC(C)(C)C1.I. The second-order valence-electron chi connectivity index (χ2n) is 7.57. The summed E-state index contributed by atoms with van der Waals surface area (Å²) in [5.74, 6) is 1.04. The zero-order chi connectivity index (χ0) is 16.9. The van der Waals surface area contributed by atoms with Crippen LogP contribution in [0.1, 0.15) is 25.8 Å². The lowest BCUT2D eigenvalue weighted by Crippen LogP contribution is -2.47. The molecule has 1 fully saturated rings. The summed E-state index contributed by atoms with van der Waals surface area (Å²) in [6.07, 6.45) is 2.28. The Labute approximate surface area is 164 Å². The maximum atomic E-state index is 4.49. The average Bonchev–Trinajstić information content (AvgIpc) is 2.87. The van der Waals surface area contributed by atoms with E-state index in [1.807, 2.05) is 7.05 Å². The van der Waals surface area contributed by atoms with Crippen molar-refractivity contribution in [2.45, 2.75) is 32.7 Å². The molecule has 1 aliphatic heterocycles. The highest BCUT2D eigenvalue weighted by atomic mass is 127. The molecule has 1 unspecified atom stereocenters. The summed E-state index contributed by atoms with van der Waals surface area (Å²) < 4.78 is 0. The van der Waals surface area contributed by atoms with Gasteiger partial charge in [-0.1, -0.05) is 44.2 Å². The van der Waals surface area contributed by atoms with Crippen molar-refractivity contribution < 1.29 is 0 Å². The number of hydrogen-bond acceptors (Lipinski definition) is 2. The van der Waals surface area contributed by atoms with Crippen molar-refractivity contribution in [1.82, 2.24) is 15.1 Å². The molecule has 1 heterocycles. The predicted octanol–water partition coefficient (Wildman–Crippen LogP) is 3.08. The molecule has 1 aromatic carbocycles. The Morgan fingerprint density at radius 3 is 2.46 bits per heavy atom. The van der Waals surface area contributed by atoms with E-state index in [-0.39, 0.29) is 24.0 Å². The highest BCUT2D eigenvalue weighted by Crippen LogP contribution is 2.28. The minimum atomic E-state index is 0. The third kappa shape index (κ3) is 6.24. The van der Waals surface area contributed by atoms with Gasteiger partial charge in [-0.05, 0) is 37.9 Å². The lowest BCUT2D eigenvalue weighted by Gasteiger charge is -2.28. The molecule has 24 heavy (non-hydrogen) atoms. The molecule has 2 rings (SSSR count). The Bertz CT molecular complexity index is 513. The molecule has 4 nitrogen and oxygen atoms in total. The van der Waals surface area contributed by atoms with Gasteiger partial charge in [0, 0.05) is 32.7 Å². The van der Waals surface area contributed by atoms with E-state index in [0.717, 1.165) is 32.0 Å². The Kier molecular flexibility index (Phi) is 8.50. The molecule has 1 saturated heterocycles. The van der Waals surface area contributed by atoms with Gasteiger partial charge in [-0.15, -0.1) is 24.0 Å². The molecule has 1 atom stereocenters. The lowest BCUT2D eigenvalue weighted by atomic mass is 9.93. The molecule has 0 amide bonds. The Morgan fingerprint density at radius 2 is 1.96 bits per heavy atom. The molecule has 0 aliphatic carbocycles. The number of benzene rings is 1. The fourth-order valence-corrected chi connectivity index (χ4v) is 3.16. The van der Waals surface area contributed by atoms with E-state index in [1.165, 1.54) is 12.0 Å². The first-order valence-corrected chi connectivity index (χ1v) is 8.57. The summed E-state index contributed by atoms with van der Waals surface area (Å²) >= 11 is 0. The summed E-state index contributed by atoms with van der Waals surface area (Å²) in [5, 5.41) is 3.59. The number of rotatable bonds is 5. The molecule has 0 radical (unpaired) electrons. The van der Waals surface area contributed by atoms with Gasteiger partial charge in [-0.2, -0.15) is 0 Å². The van der Waals surface area contributed by atoms with Gasteiger partial charge in [0.1, 0.15) is 0 Å². The van der Waals surface area contributed by atoms with E-state index in [4.69, 9.17) is 0 Å². The maximum Gasteiger partial charge on any atom is 0.193 e. The summed E-state index contributed by atoms with van der Waals surface area (Å²) in [7, 11) is 6.18. The van der Waals surface area contributed by atoms with Crippen molar-refractivity contribution >= 4 is 29.9 Å². The summed E-state index contributed by atoms with van der Waals surface area (Å²) in [5.41, 5.74) is 1.77. The van der Waals surface area contributed by atoms with Gasteiger partial charge in [-0.3, -0.25) is 4.99 Å². The minimum Gasteiger partial charge on any atom is -0.355 e. The first-order valence-electron chi connectivity index (χ1n) is 8.57. The number of hydrogen-bond donors (Lipinski definition) is 1. The van der Waals surface area contributed by atoms with Crippen LogP contribution < -0.4 is 5.32 Å². The first kappa shape index (κ1) is 21.2. The van der Waals surface area contributed by atoms with Crippen molar-refractivity contribution in [2.75, 3.05) is 40.8 Å². The van der Waals surface area contributed by atoms with Crippen LogP contribution in [0.15, 0.2) is 35.3 Å². The quantitative estimate of drug-likeness (QED) is 0.430. The van der Waals surface area contributed by atoms with Crippen LogP contribution in [0, 0.1) is 5.41 Å². The van der Waals surface area contributed by atoms with E-state index in [9.17, 15) is 0 Å². The number of halogens is 1. The number of nitrogens with zero attached hydrogens (tertiary/aromatic N) is 3. The Hall–Kier alpha value is -0.820. The van der Waals surface area contributed by atoms with Crippen LogP contribution in [0.25, 0.3) is 0 Å². The lowest BCUT2D eigenvalue weighted by molar-refractivity contribution is 0.287. The van der Waals surface area contributed by atoms with Crippen LogP contribution in [0.4, 0.5) is 0 Å². The number of aliphatic imine (C=N–C) groups is 1. The topological polar surface area (TPSA) is 30.9 Å². The van der Waals surface area contributed by atoms with Crippen molar-refractivity contribution in [3.63, 3.8) is 0 Å². The van der Waals surface area contributed by atoms with E-state index in [0.29, 0.717) is 11.5 Å². The molecule has 136 valence electrons. The van der Waals surface area contributed by atoms with E-state index >= 15 is 0 Å². The molecule has 5 heteroatoms. The standard InChI is InChI=1S/C19H32N4.HI/c1-19(2)11-12-23(15-19)18(20-3)21-14-17(22(4)5)13-16-9-7-6-8-10-16;/h6-10,17H,11-15H2,1-5H3,(H,20,21);1H. The largest absolute Gasteiger partial charge is 0.355 e. The average molecular weight is 444 g/mol. The molecular formula is C19H33IN4. The van der Waals surface area contributed by atoms with Crippen molar-refractivity contribution in [1.29, 1.82) is 0 Å². The van der Waals surface area contributed by atoms with Crippen molar-refractivity contribution in [3.8, 4) is 0 Å². The summed E-state index contributed by atoms with van der Waals surface area (Å²) in [6, 6.07) is 11.2. The van der Waals surface area contributed by atoms with Crippen LogP contribution in [0.5, 0.6) is 0 Å². The van der Waals surface area contributed by atoms with Gasteiger partial charge in [0.25, 0.3) is 0 Å². The van der Waals surface area contributed by atoms with Crippen LogP contribution in [0.2, 0.25) is 0 Å². The molecule has 0 aromatic heterocycles. The van der Waals surface area contributed by atoms with Gasteiger partial charge in [0.15, 0.2) is 5.96 Å². The third-order valence-corrected chi connectivity index (χ3v) is 4.73. The van der Waals surface area contributed by atoms with Crippen molar-refractivity contribution in [2.24, 2.45) is 10.4 Å². The highest BCUT2D eigenvalue weighted by molar-refractivity contribution is 14.0. The number of guanidine groups is 1. The molecule has 1 aliphatic rings. The second kappa shape index (κ2) is 9.61. The molecule has 1 aromatic rings. The van der Waals surface area contributed by atoms with Gasteiger partial charge in [0.05, 0.1) is 0 Å². The van der Waals surface area contributed by atoms with Crippen LogP contribution in [-0.2, 0) is 6.42 Å². The Balaban J connectivity index is 0.00000288. The molecule has 0 bridgehead atoms. The first-order chi connectivity index (χ1) is 10.9. The zero-order valence-corrected chi connectivity index (χ0v) is 18.1. The van der Waals surface area contributed by atoms with E-state index < -0.39 is 0 Å². The highest BCUT2D eigenvalue weighted by Gasteiger charge is 2.31. The van der Waals surface area contributed by atoms with Crippen LogP contribution in [0.3, 0.4) is 0 Å². The monoisotopic (exact) mass is 444 g/mol. The Morgan fingerprint density at radius 1 is 1.29 bits per heavy atom. The number of likely N-dealkylation sites (tertiary alicyclic amines) is 1. The number of nitrogens with one attached hydrogen (secondary N) is 1. The molecular weight excluding hydrogens is 411 g/mol. The van der Waals surface area contributed by atoms with Gasteiger partial charge < -0.3 is 15.1 Å². The van der Waals surface area contributed by atoms with E-state index in [1.54, 1.807) is 0 Å². The minimum absolute atomic E-state index is 0. The van der Waals surface area contributed by atoms with Crippen LogP contribution >= 0.6 is 24.0 Å². The molecule has 1 N–H and O–H groups in total. The fraction of sp³-hybridized carbons (Fsp3) is 0.632. The fourth-order valence-electron chi connectivity index (χ4n) is 3.16. The van der Waals surface area contributed by atoms with Crippen molar-refractivity contribution in [3.05, 3.63) is 35.9 Å². The number of likely N-dealkylation sites (N-methyl/N-ethyl adjacent to an activating group) is 1. The van der Waals surface area contributed by atoms with Gasteiger partial charge >= 0.3 is 0 Å². The third-order valence-electron chi connectivity index (χ3n) is 4.73.